The first-order valence-electron chi connectivity index (χ1n) is 10.9. The van der Waals surface area contributed by atoms with E-state index < -0.39 is 16.0 Å². The monoisotopic (exact) mass is 487 g/mol. The van der Waals surface area contributed by atoms with Crippen LogP contribution in [0.4, 0.5) is 11.5 Å². The topological polar surface area (TPSA) is 127 Å². The normalized spacial score (nSPS) is 11.3. The fraction of sp³-hybridized carbons (Fsp3) is 0.348. The van der Waals surface area contributed by atoms with Crippen molar-refractivity contribution in [2.45, 2.75) is 45.2 Å². The number of benzene rings is 1. The number of carbonyl (C=O) groups is 1. The van der Waals surface area contributed by atoms with Crippen LogP contribution in [-0.2, 0) is 23.1 Å². The van der Waals surface area contributed by atoms with E-state index in [9.17, 15) is 18.3 Å². The first kappa shape index (κ1) is 25.0. The second-order valence-corrected chi connectivity index (χ2v) is 9.45. The quantitative estimate of drug-likeness (QED) is 0.421. The highest BCUT2D eigenvalue weighted by molar-refractivity contribution is 7.92. The molecule has 0 unspecified atom stereocenters. The summed E-state index contributed by atoms with van der Waals surface area (Å²) in [6, 6.07) is 9.21. The minimum absolute atomic E-state index is 0.0157. The van der Waals surface area contributed by atoms with Crippen molar-refractivity contribution < 1.29 is 23.1 Å². The van der Waals surface area contributed by atoms with Crippen LogP contribution in [-0.4, -0.2) is 47.9 Å². The molecule has 0 amide bonds. The maximum absolute atomic E-state index is 13.1. The van der Waals surface area contributed by atoms with Crippen LogP contribution in [0.25, 0.3) is 0 Å². The molecule has 0 bridgehead atoms. The van der Waals surface area contributed by atoms with E-state index in [4.69, 9.17) is 4.74 Å². The van der Waals surface area contributed by atoms with E-state index in [1.54, 1.807) is 24.1 Å². The van der Waals surface area contributed by atoms with Gasteiger partial charge in [0.1, 0.15) is 5.75 Å². The lowest BCUT2D eigenvalue weighted by Gasteiger charge is -2.22. The molecule has 3 rings (SSSR count). The number of rotatable bonds is 11. The highest BCUT2D eigenvalue weighted by Crippen LogP contribution is 2.28. The molecule has 10 nitrogen and oxygen atoms in total. The Morgan fingerprint density at radius 1 is 1.21 bits per heavy atom. The van der Waals surface area contributed by atoms with Crippen molar-refractivity contribution in [3.63, 3.8) is 0 Å². The van der Waals surface area contributed by atoms with Gasteiger partial charge in [-0.05, 0) is 56.7 Å². The molecular formula is C23H29N5O5S. The van der Waals surface area contributed by atoms with Crippen molar-refractivity contribution in [1.82, 2.24) is 14.8 Å². The fourth-order valence-electron chi connectivity index (χ4n) is 3.49. The van der Waals surface area contributed by atoms with Crippen LogP contribution >= 0.6 is 0 Å². The SMILES string of the molecule is CCCn1nc(C)cc1CN(C)c1ncc(C(=O)O)cc1NS(=O)(=O)c1ccc(OCC)cc1. The van der Waals surface area contributed by atoms with Crippen LogP contribution in [0.15, 0.2) is 47.5 Å². The predicted molar refractivity (Wildman–Crippen MR) is 129 cm³/mol. The molecule has 0 aliphatic heterocycles. The molecule has 2 heterocycles. The maximum Gasteiger partial charge on any atom is 0.337 e. The lowest BCUT2D eigenvalue weighted by molar-refractivity contribution is 0.0696. The van der Waals surface area contributed by atoms with Gasteiger partial charge in [-0.15, -0.1) is 0 Å². The first-order chi connectivity index (χ1) is 16.1. The first-order valence-corrected chi connectivity index (χ1v) is 12.4. The lowest BCUT2D eigenvalue weighted by atomic mass is 10.2. The standard InChI is InChI=1S/C23H29N5O5S/c1-5-11-28-18(12-16(3)25-28)15-27(4)22-21(13-17(14-24-22)23(29)30)26-34(31,32)20-9-7-19(8-10-20)33-6-2/h7-10,12-14,26H,5-6,11,15H2,1-4H3,(H,29,30). The molecule has 182 valence electrons. The van der Waals surface area contributed by atoms with Gasteiger partial charge in [0.2, 0.25) is 0 Å². The van der Waals surface area contributed by atoms with E-state index in [-0.39, 0.29) is 16.1 Å². The number of nitrogens with zero attached hydrogens (tertiary/aromatic N) is 4. The van der Waals surface area contributed by atoms with Gasteiger partial charge in [0.05, 0.1) is 40.7 Å². The van der Waals surface area contributed by atoms with Crippen molar-refractivity contribution in [3.8, 4) is 5.75 Å². The van der Waals surface area contributed by atoms with Gasteiger partial charge < -0.3 is 14.7 Å². The summed E-state index contributed by atoms with van der Waals surface area (Å²) in [4.78, 5) is 17.6. The Labute approximate surface area is 199 Å². The summed E-state index contributed by atoms with van der Waals surface area (Å²) in [5.74, 6) is -0.364. The van der Waals surface area contributed by atoms with Gasteiger partial charge >= 0.3 is 5.97 Å². The fourth-order valence-corrected chi connectivity index (χ4v) is 4.54. The molecule has 34 heavy (non-hydrogen) atoms. The molecule has 11 heteroatoms. The van der Waals surface area contributed by atoms with Crippen LogP contribution in [0.1, 0.15) is 42.0 Å². The molecule has 0 aliphatic carbocycles. The number of sulfonamides is 1. The summed E-state index contributed by atoms with van der Waals surface area (Å²) in [7, 11) is -2.25. The highest BCUT2D eigenvalue weighted by atomic mass is 32.2. The molecule has 3 aromatic rings. The van der Waals surface area contributed by atoms with Crippen molar-refractivity contribution in [2.24, 2.45) is 0 Å². The van der Waals surface area contributed by atoms with E-state index in [0.717, 1.165) is 24.4 Å². The third-order valence-electron chi connectivity index (χ3n) is 4.98. The molecule has 0 atom stereocenters. The Kier molecular flexibility index (Phi) is 7.77. The number of pyridine rings is 1. The minimum Gasteiger partial charge on any atom is -0.494 e. The average molecular weight is 488 g/mol. The van der Waals surface area contributed by atoms with Crippen LogP contribution in [0, 0.1) is 6.92 Å². The number of ether oxygens (including phenoxy) is 1. The Hall–Kier alpha value is -3.60. The lowest BCUT2D eigenvalue weighted by Crippen LogP contribution is -2.23. The maximum atomic E-state index is 13.1. The largest absolute Gasteiger partial charge is 0.494 e. The molecule has 0 saturated heterocycles. The van der Waals surface area contributed by atoms with Crippen molar-refractivity contribution in [2.75, 3.05) is 23.3 Å². The number of anilines is 2. The van der Waals surface area contributed by atoms with Crippen LogP contribution < -0.4 is 14.4 Å². The number of aryl methyl sites for hydroxylation is 2. The average Bonchev–Trinajstić information content (AvgIpc) is 3.12. The number of aromatic nitrogens is 3. The van der Waals surface area contributed by atoms with E-state index >= 15 is 0 Å². The molecular weight excluding hydrogens is 458 g/mol. The summed E-state index contributed by atoms with van der Waals surface area (Å²) in [5.41, 5.74) is 1.75. The molecule has 1 aromatic carbocycles. The second kappa shape index (κ2) is 10.6. The van der Waals surface area contributed by atoms with Crippen LogP contribution in [0.5, 0.6) is 5.75 Å². The Morgan fingerprint density at radius 2 is 1.91 bits per heavy atom. The molecule has 0 radical (unpaired) electrons. The van der Waals surface area contributed by atoms with E-state index in [2.05, 4.69) is 21.7 Å². The second-order valence-electron chi connectivity index (χ2n) is 7.77. The number of nitrogens with one attached hydrogen (secondary N) is 1. The number of hydrogen-bond donors (Lipinski definition) is 2. The number of hydrogen-bond acceptors (Lipinski definition) is 7. The number of aromatic carboxylic acids is 1. The summed E-state index contributed by atoms with van der Waals surface area (Å²) >= 11 is 0. The zero-order valence-electron chi connectivity index (χ0n) is 19.6. The highest BCUT2D eigenvalue weighted by Gasteiger charge is 2.21. The zero-order valence-corrected chi connectivity index (χ0v) is 20.5. The Morgan fingerprint density at radius 3 is 2.53 bits per heavy atom. The summed E-state index contributed by atoms with van der Waals surface area (Å²) < 4.78 is 35.9. The summed E-state index contributed by atoms with van der Waals surface area (Å²) in [6.07, 6.45) is 2.12. The molecule has 2 N–H and O–H groups in total. The van der Waals surface area contributed by atoms with Crippen LogP contribution in [0.2, 0.25) is 0 Å². The Bertz CT molecular complexity index is 1260. The smallest absolute Gasteiger partial charge is 0.337 e. The zero-order chi connectivity index (χ0) is 24.9. The third kappa shape index (κ3) is 5.84. The molecule has 0 aliphatic rings. The number of carboxylic acid groups (broad SMARTS) is 1. The van der Waals surface area contributed by atoms with Crippen molar-refractivity contribution >= 4 is 27.5 Å². The van der Waals surface area contributed by atoms with Crippen molar-refractivity contribution in [1.29, 1.82) is 0 Å². The van der Waals surface area contributed by atoms with Crippen molar-refractivity contribution in [3.05, 3.63) is 59.5 Å². The molecule has 2 aromatic heterocycles. The molecule has 0 fully saturated rings. The molecule has 0 saturated carbocycles. The van der Waals surface area contributed by atoms with E-state index in [1.807, 2.05) is 24.6 Å². The predicted octanol–water partition coefficient (Wildman–Crippen LogP) is 3.53. The van der Waals surface area contributed by atoms with Gasteiger partial charge in [-0.2, -0.15) is 5.10 Å². The Balaban J connectivity index is 1.94. The summed E-state index contributed by atoms with van der Waals surface area (Å²) in [5, 5.41) is 13.9. The van der Waals surface area contributed by atoms with E-state index in [1.165, 1.54) is 24.4 Å². The van der Waals surface area contributed by atoms with Gasteiger partial charge in [-0.25, -0.2) is 18.2 Å². The third-order valence-corrected chi connectivity index (χ3v) is 6.37. The van der Waals surface area contributed by atoms with Gasteiger partial charge in [0, 0.05) is 19.8 Å². The molecule has 0 spiro atoms. The summed E-state index contributed by atoms with van der Waals surface area (Å²) in [6.45, 7) is 7.42. The minimum atomic E-state index is -4.01. The van der Waals surface area contributed by atoms with Gasteiger partial charge in [0.15, 0.2) is 5.82 Å². The van der Waals surface area contributed by atoms with E-state index in [0.29, 0.717) is 24.7 Å². The number of carboxylic acids is 1. The van der Waals surface area contributed by atoms with Gasteiger partial charge in [0.25, 0.3) is 10.0 Å². The van der Waals surface area contributed by atoms with Gasteiger partial charge in [-0.3, -0.25) is 9.40 Å². The van der Waals surface area contributed by atoms with Crippen LogP contribution in [0.3, 0.4) is 0 Å². The van der Waals surface area contributed by atoms with Gasteiger partial charge in [-0.1, -0.05) is 6.92 Å².